The molecular weight excluding hydrogens is 448 g/mol. The maximum absolute atomic E-state index is 13.6. The van der Waals surface area contributed by atoms with Crippen LogP contribution in [0.1, 0.15) is 10.4 Å². The lowest BCUT2D eigenvalue weighted by Crippen LogP contribution is -2.23. The molecule has 0 saturated carbocycles. The van der Waals surface area contributed by atoms with Crippen LogP contribution < -0.4 is 4.74 Å². The number of esters is 1. The molecule has 0 fully saturated rings. The van der Waals surface area contributed by atoms with Crippen LogP contribution in [-0.2, 0) is 14.6 Å². The number of rotatable bonds is 4. The van der Waals surface area contributed by atoms with Gasteiger partial charge in [-0.1, -0.05) is 0 Å². The number of sulfone groups is 1. The Kier molecular flexibility index (Phi) is 5.61. The van der Waals surface area contributed by atoms with E-state index in [1.54, 1.807) is 0 Å². The van der Waals surface area contributed by atoms with Crippen molar-refractivity contribution in [3.05, 3.63) is 52.3 Å². The van der Waals surface area contributed by atoms with Crippen LogP contribution in [0.4, 0.5) is 17.6 Å². The van der Waals surface area contributed by atoms with Gasteiger partial charge in [-0.25, -0.2) is 17.6 Å². The Labute approximate surface area is 153 Å². The maximum Gasteiger partial charge on any atom is 0.501 e. The molecule has 0 heterocycles. The molecule has 2 aromatic rings. The highest BCUT2D eigenvalue weighted by atomic mass is 79.9. The number of alkyl halides is 3. The van der Waals surface area contributed by atoms with E-state index in [-0.39, 0.29) is 21.5 Å². The minimum absolute atomic E-state index is 0.0902. The van der Waals surface area contributed by atoms with Gasteiger partial charge < -0.3 is 9.47 Å². The summed E-state index contributed by atoms with van der Waals surface area (Å²) >= 11 is 2.90. The topological polar surface area (TPSA) is 69.7 Å². The van der Waals surface area contributed by atoms with E-state index in [0.29, 0.717) is 12.1 Å². The van der Waals surface area contributed by atoms with Crippen LogP contribution in [0, 0.1) is 5.82 Å². The fraction of sp³-hybridized carbons (Fsp3) is 0.133. The summed E-state index contributed by atoms with van der Waals surface area (Å²) in [7, 11) is -4.42. The molecular formula is C15H9BrF4O5S. The number of hydrogen-bond acceptors (Lipinski definition) is 5. The van der Waals surface area contributed by atoms with Crippen molar-refractivity contribution >= 4 is 31.7 Å². The van der Waals surface area contributed by atoms with Gasteiger partial charge in [0.2, 0.25) is 0 Å². The Morgan fingerprint density at radius 2 is 1.77 bits per heavy atom. The van der Waals surface area contributed by atoms with Crippen LogP contribution in [0.2, 0.25) is 0 Å². The summed E-state index contributed by atoms with van der Waals surface area (Å²) in [6, 6.07) is 5.36. The Bertz CT molecular complexity index is 957. The van der Waals surface area contributed by atoms with Crippen LogP contribution >= 0.6 is 15.9 Å². The first-order chi connectivity index (χ1) is 12.0. The van der Waals surface area contributed by atoms with E-state index in [9.17, 15) is 30.8 Å². The van der Waals surface area contributed by atoms with Crippen molar-refractivity contribution in [2.45, 2.75) is 10.4 Å². The first kappa shape index (κ1) is 20.2. The first-order valence-electron chi connectivity index (χ1n) is 6.63. The average molecular weight is 457 g/mol. The second kappa shape index (κ2) is 7.23. The summed E-state index contributed by atoms with van der Waals surface area (Å²) < 4.78 is 83.7. The van der Waals surface area contributed by atoms with E-state index in [4.69, 9.17) is 4.74 Å². The molecule has 0 bridgehead atoms. The third-order valence-corrected chi connectivity index (χ3v) is 5.14. The molecule has 0 saturated heterocycles. The minimum atomic E-state index is -5.52. The van der Waals surface area contributed by atoms with Crippen molar-refractivity contribution in [1.29, 1.82) is 0 Å². The quantitative estimate of drug-likeness (QED) is 0.501. The van der Waals surface area contributed by atoms with Crippen molar-refractivity contribution in [2.75, 3.05) is 7.11 Å². The zero-order valence-corrected chi connectivity index (χ0v) is 15.2. The molecule has 26 heavy (non-hydrogen) atoms. The molecule has 0 radical (unpaired) electrons. The summed E-state index contributed by atoms with van der Waals surface area (Å²) in [5.74, 6) is -1.86. The number of halogens is 5. The van der Waals surface area contributed by atoms with Gasteiger partial charge in [0.15, 0.2) is 0 Å². The second-order valence-corrected chi connectivity index (χ2v) is 7.61. The summed E-state index contributed by atoms with van der Waals surface area (Å²) in [4.78, 5) is 10.5. The van der Waals surface area contributed by atoms with Gasteiger partial charge in [0.25, 0.3) is 9.84 Å². The Morgan fingerprint density at radius 1 is 1.12 bits per heavy atom. The molecule has 0 aliphatic rings. The molecule has 0 aliphatic carbocycles. The molecule has 0 N–H and O–H groups in total. The lowest BCUT2D eigenvalue weighted by molar-refractivity contribution is -0.0436. The Morgan fingerprint density at radius 3 is 2.31 bits per heavy atom. The molecule has 2 rings (SSSR count). The predicted molar refractivity (Wildman–Crippen MR) is 85.2 cm³/mol. The van der Waals surface area contributed by atoms with Gasteiger partial charge >= 0.3 is 11.5 Å². The van der Waals surface area contributed by atoms with E-state index in [1.807, 2.05) is 0 Å². The third-order valence-electron chi connectivity index (χ3n) is 3.04. The van der Waals surface area contributed by atoms with Gasteiger partial charge in [0.1, 0.15) is 17.3 Å². The lowest BCUT2D eigenvalue weighted by atomic mass is 10.2. The van der Waals surface area contributed by atoms with Gasteiger partial charge in [-0.05, 0) is 46.3 Å². The smallest absolute Gasteiger partial charge is 0.465 e. The summed E-state index contributed by atoms with van der Waals surface area (Å²) in [6.45, 7) is 0. The van der Waals surface area contributed by atoms with Crippen molar-refractivity contribution in [1.82, 2.24) is 0 Å². The zero-order chi connectivity index (χ0) is 19.7. The maximum atomic E-state index is 13.6. The van der Waals surface area contributed by atoms with Crippen LogP contribution in [0.3, 0.4) is 0 Å². The summed E-state index contributed by atoms with van der Waals surface area (Å²) in [5, 5.41) is 0. The molecule has 0 amide bonds. The number of carbonyl (C=O) groups is 1. The molecule has 0 spiro atoms. The van der Waals surface area contributed by atoms with Crippen molar-refractivity contribution in [3.8, 4) is 11.5 Å². The second-order valence-electron chi connectivity index (χ2n) is 4.81. The summed E-state index contributed by atoms with van der Waals surface area (Å²) in [5.41, 5.74) is -5.60. The first-order valence-corrected chi connectivity index (χ1v) is 8.91. The van der Waals surface area contributed by atoms with E-state index >= 15 is 0 Å². The fourth-order valence-corrected chi connectivity index (χ4v) is 3.25. The monoisotopic (exact) mass is 456 g/mol. The lowest BCUT2D eigenvalue weighted by Gasteiger charge is -2.12. The van der Waals surface area contributed by atoms with E-state index in [2.05, 4.69) is 20.7 Å². The molecule has 0 atom stereocenters. The van der Waals surface area contributed by atoms with Gasteiger partial charge in [0.05, 0.1) is 22.0 Å². The average Bonchev–Trinajstić information content (AvgIpc) is 2.54. The van der Waals surface area contributed by atoms with Gasteiger partial charge in [-0.3, -0.25) is 0 Å². The molecule has 140 valence electrons. The van der Waals surface area contributed by atoms with Gasteiger partial charge in [-0.15, -0.1) is 0 Å². The van der Waals surface area contributed by atoms with Crippen LogP contribution in [0.15, 0.2) is 45.8 Å². The molecule has 5 nitrogen and oxygen atoms in total. The predicted octanol–water partition coefficient (Wildman–Crippen LogP) is 4.46. The van der Waals surface area contributed by atoms with Crippen LogP contribution in [0.25, 0.3) is 0 Å². The van der Waals surface area contributed by atoms with Crippen molar-refractivity contribution in [2.24, 2.45) is 0 Å². The Hall–Kier alpha value is -2.14. The number of carbonyl (C=O) groups excluding carboxylic acids is 1. The number of ether oxygens (including phenoxy) is 2. The van der Waals surface area contributed by atoms with Gasteiger partial charge in [0, 0.05) is 6.07 Å². The standard InChI is InChI=1S/C15H9BrF4O5S/c1-24-14(21)8-4-9(17)6-10(5-8)25-13-3-2-11(7-12(13)16)26(22,23)15(18,19)20/h2-7H,1H3. The zero-order valence-electron chi connectivity index (χ0n) is 12.8. The highest BCUT2D eigenvalue weighted by Gasteiger charge is 2.47. The number of benzene rings is 2. The molecule has 11 heteroatoms. The number of hydrogen-bond donors (Lipinski definition) is 0. The SMILES string of the molecule is COC(=O)c1cc(F)cc(Oc2ccc(S(=O)(=O)C(F)(F)F)cc2Br)c1. The highest BCUT2D eigenvalue weighted by Crippen LogP contribution is 2.36. The molecule has 0 unspecified atom stereocenters. The number of methoxy groups -OCH3 is 1. The summed E-state index contributed by atoms with van der Waals surface area (Å²) in [6.07, 6.45) is 0. The minimum Gasteiger partial charge on any atom is -0.465 e. The molecule has 0 aromatic heterocycles. The van der Waals surface area contributed by atoms with Crippen LogP contribution in [-0.4, -0.2) is 27.0 Å². The fourth-order valence-electron chi connectivity index (χ4n) is 1.85. The Balaban J connectivity index is 2.38. The highest BCUT2D eigenvalue weighted by molar-refractivity contribution is 9.10. The van der Waals surface area contributed by atoms with Crippen LogP contribution in [0.5, 0.6) is 11.5 Å². The molecule has 0 aliphatic heterocycles. The molecule has 2 aromatic carbocycles. The van der Waals surface area contributed by atoms with Crippen molar-refractivity contribution < 1.29 is 40.2 Å². The van der Waals surface area contributed by atoms with Crippen molar-refractivity contribution in [3.63, 3.8) is 0 Å². The van der Waals surface area contributed by atoms with Gasteiger partial charge in [-0.2, -0.15) is 13.2 Å². The van der Waals surface area contributed by atoms with E-state index in [0.717, 1.165) is 31.4 Å². The van der Waals surface area contributed by atoms with E-state index in [1.165, 1.54) is 0 Å². The third kappa shape index (κ3) is 4.15. The van der Waals surface area contributed by atoms with E-state index < -0.39 is 32.0 Å². The largest absolute Gasteiger partial charge is 0.501 e. The normalized spacial score (nSPS) is 11.9.